The van der Waals surface area contributed by atoms with Gasteiger partial charge in [-0.2, -0.15) is 0 Å². The first kappa shape index (κ1) is 11.3. The number of hydrogen-bond acceptors (Lipinski definition) is 4. The molecule has 0 amide bonds. The molecule has 0 bridgehead atoms. The molecule has 4 nitrogen and oxygen atoms in total. The van der Waals surface area contributed by atoms with E-state index in [1.807, 2.05) is 13.8 Å². The van der Waals surface area contributed by atoms with E-state index < -0.39 is 0 Å². The Balaban J connectivity index is 2.08. The summed E-state index contributed by atoms with van der Waals surface area (Å²) in [5.74, 6) is 2.67. The summed E-state index contributed by atoms with van der Waals surface area (Å²) < 4.78 is 0. The zero-order valence-electron chi connectivity index (χ0n) is 10.1. The van der Waals surface area contributed by atoms with Gasteiger partial charge >= 0.3 is 0 Å². The summed E-state index contributed by atoms with van der Waals surface area (Å²) in [6.07, 6.45) is 2.36. The third-order valence-electron chi connectivity index (χ3n) is 3.14. The molecule has 1 fully saturated rings. The van der Waals surface area contributed by atoms with Gasteiger partial charge in [-0.25, -0.2) is 9.97 Å². The van der Waals surface area contributed by atoms with E-state index in [1.165, 1.54) is 6.42 Å². The fraction of sp³-hybridized carbons (Fsp3) is 0.667. The van der Waals surface area contributed by atoms with Crippen LogP contribution in [0, 0.1) is 19.8 Å². The van der Waals surface area contributed by atoms with Crippen LogP contribution in [0.3, 0.4) is 0 Å². The topological polar surface area (TPSA) is 55.0 Å². The van der Waals surface area contributed by atoms with Crippen molar-refractivity contribution in [3.63, 3.8) is 0 Å². The molecule has 1 aromatic rings. The van der Waals surface area contributed by atoms with E-state index in [9.17, 15) is 0 Å². The minimum atomic E-state index is 0.737. The van der Waals surface area contributed by atoms with Gasteiger partial charge in [-0.3, -0.25) is 0 Å². The second kappa shape index (κ2) is 4.78. The number of rotatable bonds is 3. The molecular formula is C12H20N4. The Morgan fingerprint density at radius 2 is 2.25 bits per heavy atom. The van der Waals surface area contributed by atoms with Crippen LogP contribution in [0.1, 0.15) is 24.4 Å². The van der Waals surface area contributed by atoms with Crippen molar-refractivity contribution in [2.45, 2.75) is 26.7 Å². The molecule has 2 rings (SSSR count). The second-order valence-corrected chi connectivity index (χ2v) is 4.59. The highest BCUT2D eigenvalue weighted by molar-refractivity contribution is 5.40. The minimum Gasteiger partial charge on any atom is -0.356 e. The molecule has 1 saturated heterocycles. The maximum absolute atomic E-state index is 5.60. The van der Waals surface area contributed by atoms with E-state index in [-0.39, 0.29) is 0 Å². The minimum absolute atomic E-state index is 0.737. The molecule has 0 radical (unpaired) electrons. The van der Waals surface area contributed by atoms with Crippen molar-refractivity contribution in [3.05, 3.63) is 17.6 Å². The Morgan fingerprint density at radius 1 is 1.44 bits per heavy atom. The lowest BCUT2D eigenvalue weighted by molar-refractivity contribution is 0.546. The third kappa shape index (κ3) is 2.50. The number of nitrogens with zero attached hydrogens (tertiary/aromatic N) is 3. The zero-order chi connectivity index (χ0) is 11.5. The largest absolute Gasteiger partial charge is 0.356 e. The van der Waals surface area contributed by atoms with Gasteiger partial charge in [0.2, 0.25) is 0 Å². The summed E-state index contributed by atoms with van der Waals surface area (Å²) >= 11 is 0. The summed E-state index contributed by atoms with van der Waals surface area (Å²) in [5, 5.41) is 0. The Hall–Kier alpha value is -1.16. The van der Waals surface area contributed by atoms with Gasteiger partial charge in [0, 0.05) is 24.8 Å². The zero-order valence-corrected chi connectivity index (χ0v) is 10.1. The van der Waals surface area contributed by atoms with Crippen LogP contribution in [-0.4, -0.2) is 29.6 Å². The van der Waals surface area contributed by atoms with Gasteiger partial charge in [-0.1, -0.05) is 0 Å². The molecule has 0 aromatic carbocycles. The van der Waals surface area contributed by atoms with Crippen LogP contribution < -0.4 is 10.6 Å². The molecule has 2 heterocycles. The van der Waals surface area contributed by atoms with Crippen molar-refractivity contribution in [2.75, 3.05) is 24.5 Å². The van der Waals surface area contributed by atoms with Crippen LogP contribution in [0.5, 0.6) is 0 Å². The summed E-state index contributed by atoms with van der Waals surface area (Å²) in [4.78, 5) is 11.1. The summed E-state index contributed by atoms with van der Waals surface area (Å²) in [6.45, 7) is 6.95. The molecule has 16 heavy (non-hydrogen) atoms. The van der Waals surface area contributed by atoms with Crippen LogP contribution in [0.25, 0.3) is 0 Å². The average molecular weight is 220 g/mol. The summed E-state index contributed by atoms with van der Waals surface area (Å²) in [7, 11) is 0. The second-order valence-electron chi connectivity index (χ2n) is 4.59. The number of hydrogen-bond donors (Lipinski definition) is 1. The Labute approximate surface area is 96.9 Å². The van der Waals surface area contributed by atoms with Gasteiger partial charge in [0.25, 0.3) is 0 Å². The van der Waals surface area contributed by atoms with Gasteiger partial charge in [-0.05, 0) is 39.2 Å². The molecule has 4 heteroatoms. The Kier molecular flexibility index (Phi) is 3.39. The molecule has 1 unspecified atom stereocenters. The summed E-state index contributed by atoms with van der Waals surface area (Å²) in [6, 6.07) is 2.07. The maximum atomic E-state index is 5.60. The highest BCUT2D eigenvalue weighted by atomic mass is 15.2. The fourth-order valence-electron chi connectivity index (χ4n) is 2.37. The number of anilines is 1. The fourth-order valence-corrected chi connectivity index (χ4v) is 2.37. The van der Waals surface area contributed by atoms with Crippen LogP contribution in [-0.2, 0) is 0 Å². The first-order valence-corrected chi connectivity index (χ1v) is 5.96. The van der Waals surface area contributed by atoms with Crippen molar-refractivity contribution >= 4 is 5.82 Å². The number of aryl methyl sites for hydroxylation is 2. The number of nitrogens with two attached hydrogens (primary N) is 1. The van der Waals surface area contributed by atoms with E-state index in [0.717, 1.165) is 49.3 Å². The van der Waals surface area contributed by atoms with Crippen molar-refractivity contribution in [2.24, 2.45) is 11.7 Å². The van der Waals surface area contributed by atoms with Crippen LogP contribution in [0.15, 0.2) is 6.07 Å². The predicted molar refractivity (Wildman–Crippen MR) is 65.5 cm³/mol. The van der Waals surface area contributed by atoms with Gasteiger partial charge in [0.15, 0.2) is 0 Å². The molecule has 1 atom stereocenters. The van der Waals surface area contributed by atoms with Crippen LogP contribution >= 0.6 is 0 Å². The first-order valence-electron chi connectivity index (χ1n) is 5.96. The Morgan fingerprint density at radius 3 is 2.94 bits per heavy atom. The quantitative estimate of drug-likeness (QED) is 0.833. The van der Waals surface area contributed by atoms with E-state index in [4.69, 9.17) is 5.73 Å². The molecule has 2 N–H and O–H groups in total. The molecule has 1 aliphatic heterocycles. The smallest absolute Gasteiger partial charge is 0.132 e. The van der Waals surface area contributed by atoms with Crippen molar-refractivity contribution in [1.29, 1.82) is 0 Å². The van der Waals surface area contributed by atoms with Gasteiger partial charge in [0.1, 0.15) is 11.6 Å². The highest BCUT2D eigenvalue weighted by Crippen LogP contribution is 2.24. The monoisotopic (exact) mass is 220 g/mol. The van der Waals surface area contributed by atoms with Crippen molar-refractivity contribution < 1.29 is 0 Å². The van der Waals surface area contributed by atoms with E-state index >= 15 is 0 Å². The lowest BCUT2D eigenvalue weighted by atomic mass is 10.1. The first-order chi connectivity index (χ1) is 7.69. The maximum Gasteiger partial charge on any atom is 0.132 e. The normalized spacial score (nSPS) is 20.4. The van der Waals surface area contributed by atoms with E-state index in [2.05, 4.69) is 20.9 Å². The third-order valence-corrected chi connectivity index (χ3v) is 3.14. The SMILES string of the molecule is Cc1cc(N2CCC(CCN)C2)nc(C)n1. The van der Waals surface area contributed by atoms with E-state index in [1.54, 1.807) is 0 Å². The molecule has 0 spiro atoms. The molecule has 0 aliphatic carbocycles. The number of aromatic nitrogens is 2. The highest BCUT2D eigenvalue weighted by Gasteiger charge is 2.23. The van der Waals surface area contributed by atoms with Crippen molar-refractivity contribution in [1.82, 2.24) is 9.97 Å². The molecule has 1 aromatic heterocycles. The standard InChI is InChI=1S/C12H20N4/c1-9-7-12(15-10(2)14-9)16-6-4-11(8-16)3-5-13/h7,11H,3-6,8,13H2,1-2H3. The molecular weight excluding hydrogens is 200 g/mol. The Bertz CT molecular complexity index is 344. The predicted octanol–water partition coefficient (Wildman–Crippen LogP) is 1.27. The van der Waals surface area contributed by atoms with Gasteiger partial charge in [0.05, 0.1) is 0 Å². The van der Waals surface area contributed by atoms with Crippen LogP contribution in [0.2, 0.25) is 0 Å². The molecule has 1 aliphatic rings. The molecule has 0 saturated carbocycles. The van der Waals surface area contributed by atoms with Crippen LogP contribution in [0.4, 0.5) is 5.82 Å². The summed E-state index contributed by atoms with van der Waals surface area (Å²) in [5.41, 5.74) is 6.64. The lowest BCUT2D eigenvalue weighted by Crippen LogP contribution is -2.22. The average Bonchev–Trinajstić information content (AvgIpc) is 2.65. The van der Waals surface area contributed by atoms with Crippen molar-refractivity contribution in [3.8, 4) is 0 Å². The van der Waals surface area contributed by atoms with E-state index in [0.29, 0.717) is 0 Å². The molecule has 88 valence electrons. The van der Waals surface area contributed by atoms with Gasteiger partial charge < -0.3 is 10.6 Å². The lowest BCUT2D eigenvalue weighted by Gasteiger charge is -2.18. The van der Waals surface area contributed by atoms with Gasteiger partial charge in [-0.15, -0.1) is 0 Å².